The lowest BCUT2D eigenvalue weighted by Crippen LogP contribution is -2.48. The van der Waals surface area contributed by atoms with Crippen LogP contribution in [0.2, 0.25) is 0 Å². The largest absolute Gasteiger partial charge is 0.312 e. The summed E-state index contributed by atoms with van der Waals surface area (Å²) in [4.78, 5) is 5.31. The van der Waals surface area contributed by atoms with Gasteiger partial charge in [0.1, 0.15) is 0 Å². The third kappa shape index (κ3) is 5.54. The zero-order valence-electron chi connectivity index (χ0n) is 14.6. The van der Waals surface area contributed by atoms with Crippen LogP contribution in [-0.4, -0.2) is 61.2 Å². The molecular weight excluding hydrogens is 258 g/mol. The predicted molar refractivity (Wildman–Crippen MR) is 91.8 cm³/mol. The molecule has 0 spiro atoms. The highest BCUT2D eigenvalue weighted by Gasteiger charge is 2.24. The fourth-order valence-corrected chi connectivity index (χ4v) is 4.00. The number of hydrogen-bond acceptors (Lipinski definition) is 3. The maximum Gasteiger partial charge on any atom is 0.0192 e. The van der Waals surface area contributed by atoms with Crippen LogP contribution in [-0.2, 0) is 0 Å². The summed E-state index contributed by atoms with van der Waals surface area (Å²) in [6, 6.07) is 1.38. The normalized spacial score (nSPS) is 25.9. The molecule has 0 aromatic heterocycles. The van der Waals surface area contributed by atoms with Gasteiger partial charge in [0.15, 0.2) is 0 Å². The van der Waals surface area contributed by atoms with Crippen molar-refractivity contribution in [1.82, 2.24) is 15.1 Å². The molecule has 0 saturated carbocycles. The highest BCUT2D eigenvalue weighted by molar-refractivity contribution is 4.81. The maximum atomic E-state index is 3.84. The standard InChI is InChI=1S/C18H37N3/c1-4-10-20-13-8-18(9-14-20)17(3)19-15-16(2)21-11-6-5-7-12-21/h16-19H,4-15H2,1-3H3. The molecule has 2 unspecified atom stereocenters. The summed E-state index contributed by atoms with van der Waals surface area (Å²) in [5.74, 6) is 0.881. The first-order valence-corrected chi connectivity index (χ1v) is 9.40. The van der Waals surface area contributed by atoms with Gasteiger partial charge in [-0.1, -0.05) is 13.3 Å². The fraction of sp³-hybridized carbons (Fsp3) is 1.00. The van der Waals surface area contributed by atoms with Crippen molar-refractivity contribution in [2.45, 2.75) is 71.4 Å². The fourth-order valence-electron chi connectivity index (χ4n) is 4.00. The Balaban J connectivity index is 1.64. The van der Waals surface area contributed by atoms with Gasteiger partial charge in [-0.15, -0.1) is 0 Å². The van der Waals surface area contributed by atoms with Crippen molar-refractivity contribution in [3.63, 3.8) is 0 Å². The number of nitrogens with one attached hydrogen (secondary N) is 1. The smallest absolute Gasteiger partial charge is 0.0192 e. The van der Waals surface area contributed by atoms with Crippen LogP contribution in [0.3, 0.4) is 0 Å². The summed E-state index contributed by atoms with van der Waals surface area (Å²) in [6.07, 6.45) is 8.29. The SMILES string of the molecule is CCCN1CCC(C(C)NCC(C)N2CCCCC2)CC1. The molecule has 2 aliphatic rings. The summed E-state index contributed by atoms with van der Waals surface area (Å²) in [5, 5.41) is 3.84. The lowest BCUT2D eigenvalue weighted by atomic mass is 9.90. The molecule has 0 amide bonds. The molecule has 2 saturated heterocycles. The highest BCUT2D eigenvalue weighted by atomic mass is 15.2. The van der Waals surface area contributed by atoms with E-state index < -0.39 is 0 Å². The molecule has 0 aromatic carbocycles. The van der Waals surface area contributed by atoms with Crippen molar-refractivity contribution < 1.29 is 0 Å². The molecule has 0 aromatic rings. The van der Waals surface area contributed by atoms with Crippen molar-refractivity contribution in [2.24, 2.45) is 5.92 Å². The molecule has 3 nitrogen and oxygen atoms in total. The number of piperidine rings is 2. The molecule has 0 radical (unpaired) electrons. The van der Waals surface area contributed by atoms with Gasteiger partial charge in [-0.3, -0.25) is 4.90 Å². The van der Waals surface area contributed by atoms with Crippen LogP contribution >= 0.6 is 0 Å². The lowest BCUT2D eigenvalue weighted by molar-refractivity contribution is 0.145. The van der Waals surface area contributed by atoms with Crippen LogP contribution in [0.25, 0.3) is 0 Å². The van der Waals surface area contributed by atoms with Crippen molar-refractivity contribution in [1.29, 1.82) is 0 Å². The monoisotopic (exact) mass is 295 g/mol. The van der Waals surface area contributed by atoms with Gasteiger partial charge in [0.05, 0.1) is 0 Å². The van der Waals surface area contributed by atoms with Crippen molar-refractivity contribution in [3.05, 3.63) is 0 Å². The molecule has 2 aliphatic heterocycles. The molecule has 2 rings (SSSR count). The molecule has 2 heterocycles. The van der Waals surface area contributed by atoms with Gasteiger partial charge in [0, 0.05) is 18.6 Å². The average Bonchev–Trinajstić information content (AvgIpc) is 2.54. The zero-order valence-corrected chi connectivity index (χ0v) is 14.6. The minimum absolute atomic E-state index is 0.681. The van der Waals surface area contributed by atoms with E-state index in [4.69, 9.17) is 0 Å². The second-order valence-electron chi connectivity index (χ2n) is 7.32. The Kier molecular flexibility index (Phi) is 7.48. The Hall–Kier alpha value is -0.120. The summed E-state index contributed by atoms with van der Waals surface area (Å²) >= 11 is 0. The summed E-state index contributed by atoms with van der Waals surface area (Å²) in [5.41, 5.74) is 0. The van der Waals surface area contributed by atoms with Gasteiger partial charge in [-0.2, -0.15) is 0 Å². The Morgan fingerprint density at radius 1 is 1.00 bits per heavy atom. The van der Waals surface area contributed by atoms with Gasteiger partial charge >= 0.3 is 0 Å². The minimum Gasteiger partial charge on any atom is -0.312 e. The third-order valence-electron chi connectivity index (χ3n) is 5.63. The van der Waals surface area contributed by atoms with Crippen LogP contribution in [0.5, 0.6) is 0 Å². The van der Waals surface area contributed by atoms with E-state index in [0.29, 0.717) is 12.1 Å². The maximum absolute atomic E-state index is 3.84. The van der Waals surface area contributed by atoms with Gasteiger partial charge < -0.3 is 10.2 Å². The number of hydrogen-bond donors (Lipinski definition) is 1. The van der Waals surface area contributed by atoms with E-state index in [-0.39, 0.29) is 0 Å². The van der Waals surface area contributed by atoms with E-state index >= 15 is 0 Å². The van der Waals surface area contributed by atoms with Crippen LogP contribution in [0.4, 0.5) is 0 Å². The lowest BCUT2D eigenvalue weighted by Gasteiger charge is -2.37. The van der Waals surface area contributed by atoms with Gasteiger partial charge in [-0.05, 0) is 84.6 Å². The average molecular weight is 296 g/mol. The molecule has 0 bridgehead atoms. The number of nitrogens with zero attached hydrogens (tertiary/aromatic N) is 2. The van der Waals surface area contributed by atoms with E-state index in [1.165, 1.54) is 71.2 Å². The Morgan fingerprint density at radius 2 is 1.67 bits per heavy atom. The minimum atomic E-state index is 0.681. The van der Waals surface area contributed by atoms with E-state index in [0.717, 1.165) is 12.5 Å². The van der Waals surface area contributed by atoms with Gasteiger partial charge in [-0.25, -0.2) is 0 Å². The molecule has 3 heteroatoms. The van der Waals surface area contributed by atoms with Crippen LogP contribution < -0.4 is 5.32 Å². The Labute approximate surface area is 132 Å². The molecule has 124 valence electrons. The summed E-state index contributed by atoms with van der Waals surface area (Å²) < 4.78 is 0. The van der Waals surface area contributed by atoms with Crippen molar-refractivity contribution >= 4 is 0 Å². The second-order valence-corrected chi connectivity index (χ2v) is 7.32. The number of likely N-dealkylation sites (tertiary alicyclic amines) is 2. The first kappa shape index (κ1) is 17.2. The van der Waals surface area contributed by atoms with E-state index in [1.807, 2.05) is 0 Å². The Bertz CT molecular complexity index is 268. The summed E-state index contributed by atoms with van der Waals surface area (Å²) in [6.45, 7) is 14.8. The van der Waals surface area contributed by atoms with Crippen LogP contribution in [0.15, 0.2) is 0 Å². The zero-order chi connectivity index (χ0) is 15.1. The summed E-state index contributed by atoms with van der Waals surface area (Å²) in [7, 11) is 0. The van der Waals surface area contributed by atoms with Crippen molar-refractivity contribution in [2.75, 3.05) is 39.3 Å². The van der Waals surface area contributed by atoms with Gasteiger partial charge in [0.25, 0.3) is 0 Å². The molecular formula is C18H37N3. The third-order valence-corrected chi connectivity index (χ3v) is 5.63. The van der Waals surface area contributed by atoms with Crippen LogP contribution in [0, 0.1) is 5.92 Å². The first-order chi connectivity index (χ1) is 10.2. The molecule has 21 heavy (non-hydrogen) atoms. The molecule has 0 aliphatic carbocycles. The van der Waals surface area contributed by atoms with E-state index in [9.17, 15) is 0 Å². The van der Waals surface area contributed by atoms with Gasteiger partial charge in [0.2, 0.25) is 0 Å². The highest BCUT2D eigenvalue weighted by Crippen LogP contribution is 2.21. The molecule has 2 atom stereocenters. The van der Waals surface area contributed by atoms with Crippen LogP contribution in [0.1, 0.15) is 59.3 Å². The first-order valence-electron chi connectivity index (χ1n) is 9.40. The van der Waals surface area contributed by atoms with Crippen molar-refractivity contribution in [3.8, 4) is 0 Å². The topological polar surface area (TPSA) is 18.5 Å². The Morgan fingerprint density at radius 3 is 2.29 bits per heavy atom. The predicted octanol–water partition coefficient (Wildman–Crippen LogP) is 2.96. The van der Waals surface area contributed by atoms with E-state index in [1.54, 1.807) is 0 Å². The second kappa shape index (κ2) is 9.12. The molecule has 2 fully saturated rings. The van der Waals surface area contributed by atoms with E-state index in [2.05, 4.69) is 35.9 Å². The number of rotatable bonds is 7. The molecule has 1 N–H and O–H groups in total. The quantitative estimate of drug-likeness (QED) is 0.779.